The molecule has 3 heteroatoms. The number of fused-ring (bicyclic) bond motifs is 1. The Kier molecular flexibility index (Phi) is 7.60. The third-order valence-electron chi connectivity index (χ3n) is 3.44. The molecule has 0 spiro atoms. The summed E-state index contributed by atoms with van der Waals surface area (Å²) in [5.74, 6) is 0.697. The van der Waals surface area contributed by atoms with Crippen molar-refractivity contribution in [1.29, 1.82) is 0 Å². The Morgan fingerprint density at radius 1 is 1.15 bits per heavy atom. The van der Waals surface area contributed by atoms with E-state index in [2.05, 4.69) is 37.0 Å². The van der Waals surface area contributed by atoms with E-state index in [9.17, 15) is 0 Å². The van der Waals surface area contributed by atoms with E-state index < -0.39 is 0 Å². The van der Waals surface area contributed by atoms with Crippen molar-refractivity contribution < 1.29 is 0 Å². The Labute approximate surface area is 127 Å². The molecular formula is C17H28N2S. The third kappa shape index (κ3) is 4.48. The van der Waals surface area contributed by atoms with Gasteiger partial charge in [-0.1, -0.05) is 64.4 Å². The Morgan fingerprint density at radius 3 is 2.55 bits per heavy atom. The van der Waals surface area contributed by atoms with Gasteiger partial charge in [-0.25, -0.2) is 4.98 Å². The molecule has 1 atom stereocenters. The van der Waals surface area contributed by atoms with Gasteiger partial charge in [0.2, 0.25) is 0 Å². The molecule has 2 aromatic rings. The minimum atomic E-state index is 0.669. The molecule has 2 N–H and O–H groups in total. The monoisotopic (exact) mass is 292 g/mol. The van der Waals surface area contributed by atoms with Crippen LogP contribution >= 0.6 is 11.3 Å². The second-order valence-electron chi connectivity index (χ2n) is 4.91. The quantitative estimate of drug-likeness (QED) is 0.711. The van der Waals surface area contributed by atoms with Gasteiger partial charge in [0.1, 0.15) is 0 Å². The molecule has 0 saturated heterocycles. The number of hydrogen-bond donors (Lipinski definition) is 1. The Hall–Kier alpha value is -1.09. The summed E-state index contributed by atoms with van der Waals surface area (Å²) < 4.78 is 1.22. The largest absolute Gasteiger partial charge is 0.375 e. The number of benzene rings is 1. The molecule has 0 bridgehead atoms. The van der Waals surface area contributed by atoms with Crippen molar-refractivity contribution >= 4 is 26.7 Å². The van der Waals surface area contributed by atoms with Crippen LogP contribution in [0.15, 0.2) is 18.2 Å². The summed E-state index contributed by atoms with van der Waals surface area (Å²) in [4.78, 5) is 4.32. The van der Waals surface area contributed by atoms with E-state index in [1.807, 2.05) is 13.8 Å². The molecule has 1 unspecified atom stereocenters. The summed E-state index contributed by atoms with van der Waals surface area (Å²) in [6.45, 7) is 8.53. The number of nitrogens with two attached hydrogens (primary N) is 1. The van der Waals surface area contributed by atoms with Crippen molar-refractivity contribution in [3.8, 4) is 0 Å². The molecule has 0 fully saturated rings. The predicted molar refractivity (Wildman–Crippen MR) is 92.6 cm³/mol. The fraction of sp³-hybridized carbons (Fsp3) is 0.588. The van der Waals surface area contributed by atoms with Gasteiger partial charge >= 0.3 is 0 Å². The average molecular weight is 292 g/mol. The van der Waals surface area contributed by atoms with Crippen LogP contribution in [0.4, 0.5) is 5.13 Å². The maximum atomic E-state index is 5.76. The highest BCUT2D eigenvalue weighted by Gasteiger charge is 2.12. The van der Waals surface area contributed by atoms with E-state index in [0.29, 0.717) is 11.0 Å². The zero-order chi connectivity index (χ0) is 15.0. The molecule has 0 amide bonds. The number of aromatic nitrogens is 1. The fourth-order valence-corrected chi connectivity index (χ4v) is 3.27. The number of rotatable bonds is 6. The first-order chi connectivity index (χ1) is 9.74. The van der Waals surface area contributed by atoms with Crippen molar-refractivity contribution in [3.63, 3.8) is 0 Å². The molecule has 112 valence electrons. The van der Waals surface area contributed by atoms with E-state index in [0.717, 1.165) is 5.52 Å². The molecule has 20 heavy (non-hydrogen) atoms. The molecule has 1 heterocycles. The van der Waals surface area contributed by atoms with Crippen LogP contribution in [0.25, 0.3) is 10.2 Å². The second-order valence-corrected chi connectivity index (χ2v) is 5.97. The topological polar surface area (TPSA) is 38.9 Å². The first-order valence-electron chi connectivity index (χ1n) is 7.90. The highest BCUT2D eigenvalue weighted by atomic mass is 32.1. The van der Waals surface area contributed by atoms with E-state index in [1.54, 1.807) is 11.3 Å². The fourth-order valence-electron chi connectivity index (χ4n) is 2.49. The van der Waals surface area contributed by atoms with E-state index >= 15 is 0 Å². The van der Waals surface area contributed by atoms with Crippen LogP contribution in [0.1, 0.15) is 71.3 Å². The molecule has 0 aliphatic rings. The minimum absolute atomic E-state index is 0.669. The molecule has 1 aromatic carbocycles. The zero-order valence-corrected chi connectivity index (χ0v) is 14.1. The van der Waals surface area contributed by atoms with Crippen molar-refractivity contribution in [2.24, 2.45) is 0 Å². The van der Waals surface area contributed by atoms with Crippen LogP contribution in [0.2, 0.25) is 0 Å². The van der Waals surface area contributed by atoms with Gasteiger partial charge in [-0.15, -0.1) is 0 Å². The smallest absolute Gasteiger partial charge is 0.181 e. The Balaban J connectivity index is 0.000000956. The van der Waals surface area contributed by atoms with Crippen LogP contribution in [0.3, 0.4) is 0 Å². The summed E-state index contributed by atoms with van der Waals surface area (Å²) in [6, 6.07) is 6.64. The Bertz CT molecular complexity index is 505. The molecule has 0 saturated carbocycles. The molecule has 0 aliphatic heterocycles. The summed E-state index contributed by atoms with van der Waals surface area (Å²) >= 11 is 1.59. The maximum Gasteiger partial charge on any atom is 0.181 e. The van der Waals surface area contributed by atoms with E-state index in [1.165, 1.54) is 42.4 Å². The summed E-state index contributed by atoms with van der Waals surface area (Å²) in [7, 11) is 0. The Morgan fingerprint density at radius 2 is 1.90 bits per heavy atom. The number of nitrogen functional groups attached to an aromatic ring is 1. The molecule has 2 nitrogen and oxygen atoms in total. The van der Waals surface area contributed by atoms with Gasteiger partial charge in [0, 0.05) is 0 Å². The number of hydrogen-bond acceptors (Lipinski definition) is 3. The van der Waals surface area contributed by atoms with Gasteiger partial charge < -0.3 is 5.73 Å². The van der Waals surface area contributed by atoms with Crippen molar-refractivity contribution in [3.05, 3.63) is 23.8 Å². The van der Waals surface area contributed by atoms with Gasteiger partial charge in [-0.3, -0.25) is 0 Å². The standard InChI is InChI=1S/C15H22N2S.C2H6/c1-3-5-7-11(6-4-2)12-8-9-13-14(10-12)18-15(16)17-13;1-2/h8-11H,3-7H2,1-2H3,(H2,16,17);1-2H3. The number of nitrogens with zero attached hydrogens (tertiary/aromatic N) is 1. The van der Waals surface area contributed by atoms with Gasteiger partial charge in [-0.05, 0) is 36.5 Å². The normalized spacial score (nSPS) is 12.0. The second kappa shape index (κ2) is 8.96. The van der Waals surface area contributed by atoms with Gasteiger partial charge in [0.25, 0.3) is 0 Å². The van der Waals surface area contributed by atoms with Crippen LogP contribution in [-0.4, -0.2) is 4.98 Å². The predicted octanol–water partition coefficient (Wildman–Crippen LogP) is 5.98. The lowest BCUT2D eigenvalue weighted by Gasteiger charge is -2.16. The molecule has 0 aliphatic carbocycles. The summed E-state index contributed by atoms with van der Waals surface area (Å²) in [5.41, 5.74) is 8.26. The average Bonchev–Trinajstić information content (AvgIpc) is 2.84. The first kappa shape index (κ1) is 17.0. The highest BCUT2D eigenvalue weighted by Crippen LogP contribution is 2.31. The van der Waals surface area contributed by atoms with Gasteiger partial charge in [0.05, 0.1) is 10.2 Å². The zero-order valence-electron chi connectivity index (χ0n) is 13.3. The number of anilines is 1. The first-order valence-corrected chi connectivity index (χ1v) is 8.72. The SMILES string of the molecule is CC.CCCCC(CCC)c1ccc2nc(N)sc2c1. The van der Waals surface area contributed by atoms with Crippen LogP contribution in [-0.2, 0) is 0 Å². The van der Waals surface area contributed by atoms with E-state index in [4.69, 9.17) is 5.73 Å². The van der Waals surface area contributed by atoms with Crippen molar-refractivity contribution in [2.45, 2.75) is 65.7 Å². The molecular weight excluding hydrogens is 264 g/mol. The van der Waals surface area contributed by atoms with Crippen LogP contribution in [0, 0.1) is 0 Å². The summed E-state index contributed by atoms with van der Waals surface area (Å²) in [6.07, 6.45) is 6.41. The van der Waals surface area contributed by atoms with Gasteiger partial charge in [-0.2, -0.15) is 0 Å². The molecule has 0 radical (unpaired) electrons. The lowest BCUT2D eigenvalue weighted by Crippen LogP contribution is -1.98. The van der Waals surface area contributed by atoms with Crippen molar-refractivity contribution in [1.82, 2.24) is 4.98 Å². The maximum absolute atomic E-state index is 5.76. The number of unbranched alkanes of at least 4 members (excludes halogenated alkanes) is 1. The van der Waals surface area contributed by atoms with Crippen LogP contribution < -0.4 is 5.73 Å². The summed E-state index contributed by atoms with van der Waals surface area (Å²) in [5, 5.41) is 0.669. The highest BCUT2D eigenvalue weighted by molar-refractivity contribution is 7.22. The molecule has 2 rings (SSSR count). The third-order valence-corrected chi connectivity index (χ3v) is 4.29. The minimum Gasteiger partial charge on any atom is -0.375 e. The number of thiazole rings is 1. The molecule has 1 aromatic heterocycles. The lowest BCUT2D eigenvalue weighted by atomic mass is 9.90. The van der Waals surface area contributed by atoms with Gasteiger partial charge in [0.15, 0.2) is 5.13 Å². The van der Waals surface area contributed by atoms with Crippen molar-refractivity contribution in [2.75, 3.05) is 5.73 Å². The van der Waals surface area contributed by atoms with E-state index in [-0.39, 0.29) is 0 Å². The van der Waals surface area contributed by atoms with Crippen LogP contribution in [0.5, 0.6) is 0 Å². The lowest BCUT2D eigenvalue weighted by molar-refractivity contribution is 0.541.